The van der Waals surface area contributed by atoms with Gasteiger partial charge in [-0.15, -0.1) is 0 Å². The molecule has 20 heavy (non-hydrogen) atoms. The van der Waals surface area contributed by atoms with Crippen molar-refractivity contribution in [1.29, 1.82) is 0 Å². The zero-order valence-corrected chi connectivity index (χ0v) is 12.5. The average molecular weight is 298 g/mol. The minimum absolute atomic E-state index is 0.0749. The molecule has 0 spiro atoms. The number of hydrogen-bond donors (Lipinski definition) is 3. The molecule has 0 radical (unpaired) electrons. The Labute approximate surface area is 124 Å². The monoisotopic (exact) mass is 297 g/mol. The maximum Gasteiger partial charge on any atom is 0.238 e. The molecule has 0 atom stereocenters. The zero-order chi connectivity index (χ0) is 15.0. The molecular formula is C14H20ClN3O2. The summed E-state index contributed by atoms with van der Waals surface area (Å²) in [5.74, 6) is -0.322. The van der Waals surface area contributed by atoms with Gasteiger partial charge >= 0.3 is 0 Å². The SMILES string of the molecule is CCCNC(=O)CNCC(=O)Nc1cc(Cl)ccc1C. The second-order valence-electron chi connectivity index (χ2n) is 4.46. The van der Waals surface area contributed by atoms with Gasteiger partial charge in [0.25, 0.3) is 0 Å². The molecule has 1 rings (SSSR count). The van der Waals surface area contributed by atoms with Crippen LogP contribution in [0.15, 0.2) is 18.2 Å². The molecule has 0 saturated carbocycles. The van der Waals surface area contributed by atoms with Gasteiger partial charge < -0.3 is 10.6 Å². The summed E-state index contributed by atoms with van der Waals surface area (Å²) in [6.07, 6.45) is 0.889. The highest BCUT2D eigenvalue weighted by Crippen LogP contribution is 2.19. The van der Waals surface area contributed by atoms with E-state index in [2.05, 4.69) is 16.0 Å². The van der Waals surface area contributed by atoms with Crippen LogP contribution in [0.3, 0.4) is 0 Å². The lowest BCUT2D eigenvalue weighted by Crippen LogP contribution is -2.37. The van der Waals surface area contributed by atoms with Crippen molar-refractivity contribution in [2.75, 3.05) is 25.0 Å². The number of nitrogens with one attached hydrogen (secondary N) is 3. The van der Waals surface area contributed by atoms with Crippen LogP contribution >= 0.6 is 11.6 Å². The average Bonchev–Trinajstić information content (AvgIpc) is 2.40. The van der Waals surface area contributed by atoms with Crippen molar-refractivity contribution < 1.29 is 9.59 Å². The van der Waals surface area contributed by atoms with Crippen molar-refractivity contribution in [1.82, 2.24) is 10.6 Å². The number of anilines is 1. The maximum atomic E-state index is 11.7. The molecule has 1 aromatic rings. The zero-order valence-electron chi connectivity index (χ0n) is 11.8. The van der Waals surface area contributed by atoms with Crippen molar-refractivity contribution in [3.8, 4) is 0 Å². The van der Waals surface area contributed by atoms with Crippen LogP contribution in [0.2, 0.25) is 5.02 Å². The Kier molecular flexibility index (Phi) is 7.04. The summed E-state index contributed by atoms with van der Waals surface area (Å²) in [6, 6.07) is 5.30. The van der Waals surface area contributed by atoms with Gasteiger partial charge in [-0.1, -0.05) is 24.6 Å². The first-order valence-electron chi connectivity index (χ1n) is 6.56. The summed E-state index contributed by atoms with van der Waals surface area (Å²) in [4.78, 5) is 23.0. The van der Waals surface area contributed by atoms with E-state index in [9.17, 15) is 9.59 Å². The number of halogens is 1. The van der Waals surface area contributed by atoms with Crippen LogP contribution in [0.5, 0.6) is 0 Å². The van der Waals surface area contributed by atoms with E-state index < -0.39 is 0 Å². The van der Waals surface area contributed by atoms with Gasteiger partial charge in [-0.2, -0.15) is 0 Å². The Bertz CT molecular complexity index is 477. The largest absolute Gasteiger partial charge is 0.355 e. The Morgan fingerprint density at radius 2 is 1.90 bits per heavy atom. The van der Waals surface area contributed by atoms with Gasteiger partial charge in [-0.25, -0.2) is 0 Å². The van der Waals surface area contributed by atoms with Crippen LogP contribution in [0.25, 0.3) is 0 Å². The Hall–Kier alpha value is -1.59. The molecule has 0 fully saturated rings. The molecule has 0 saturated heterocycles. The fourth-order valence-electron chi connectivity index (χ4n) is 1.54. The molecule has 2 amide bonds. The molecule has 1 aromatic carbocycles. The minimum atomic E-state index is -0.210. The molecule has 6 heteroatoms. The molecule has 3 N–H and O–H groups in total. The van der Waals surface area contributed by atoms with Gasteiger partial charge in [-0.3, -0.25) is 14.9 Å². The van der Waals surface area contributed by atoms with E-state index in [-0.39, 0.29) is 24.9 Å². The molecule has 0 unspecified atom stereocenters. The predicted molar refractivity (Wildman–Crippen MR) is 81.0 cm³/mol. The lowest BCUT2D eigenvalue weighted by molar-refractivity contribution is -0.120. The first-order valence-corrected chi connectivity index (χ1v) is 6.94. The first-order chi connectivity index (χ1) is 9.52. The second-order valence-corrected chi connectivity index (χ2v) is 4.90. The van der Waals surface area contributed by atoms with Crippen LogP contribution in [0.1, 0.15) is 18.9 Å². The van der Waals surface area contributed by atoms with Crippen molar-refractivity contribution >= 4 is 29.1 Å². The van der Waals surface area contributed by atoms with E-state index in [0.717, 1.165) is 12.0 Å². The lowest BCUT2D eigenvalue weighted by atomic mass is 10.2. The highest BCUT2D eigenvalue weighted by Gasteiger charge is 2.06. The van der Waals surface area contributed by atoms with E-state index in [4.69, 9.17) is 11.6 Å². The van der Waals surface area contributed by atoms with Crippen molar-refractivity contribution in [3.63, 3.8) is 0 Å². The summed E-state index contributed by atoms with van der Waals surface area (Å²) in [5, 5.41) is 8.83. The lowest BCUT2D eigenvalue weighted by Gasteiger charge is -2.09. The first kappa shape index (κ1) is 16.5. The van der Waals surface area contributed by atoms with Gasteiger partial charge in [0.05, 0.1) is 13.1 Å². The molecule has 0 bridgehead atoms. The molecule has 110 valence electrons. The summed E-state index contributed by atoms with van der Waals surface area (Å²) in [6.45, 7) is 4.72. The number of carbonyl (C=O) groups is 2. The molecule has 0 aliphatic carbocycles. The number of amides is 2. The van der Waals surface area contributed by atoms with Gasteiger partial charge in [0, 0.05) is 17.3 Å². The van der Waals surface area contributed by atoms with Crippen LogP contribution in [-0.2, 0) is 9.59 Å². The number of benzene rings is 1. The Balaban J connectivity index is 2.33. The summed E-state index contributed by atoms with van der Waals surface area (Å²) in [7, 11) is 0. The highest BCUT2D eigenvalue weighted by molar-refractivity contribution is 6.31. The fourth-order valence-corrected chi connectivity index (χ4v) is 1.71. The van der Waals surface area contributed by atoms with Crippen molar-refractivity contribution in [2.24, 2.45) is 0 Å². The number of carbonyl (C=O) groups excluding carboxylic acids is 2. The van der Waals surface area contributed by atoms with Crippen LogP contribution < -0.4 is 16.0 Å². The van der Waals surface area contributed by atoms with Crippen molar-refractivity contribution in [2.45, 2.75) is 20.3 Å². The van der Waals surface area contributed by atoms with Gasteiger partial charge in [-0.05, 0) is 31.0 Å². The second kappa shape index (κ2) is 8.55. The molecule has 5 nitrogen and oxygen atoms in total. The number of rotatable bonds is 7. The molecule has 0 aliphatic rings. The molecule has 0 aromatic heterocycles. The number of aryl methyl sites for hydroxylation is 1. The molecular weight excluding hydrogens is 278 g/mol. The third-order valence-electron chi connectivity index (χ3n) is 2.62. The van der Waals surface area contributed by atoms with Crippen LogP contribution in [0, 0.1) is 6.92 Å². The summed E-state index contributed by atoms with van der Waals surface area (Å²) < 4.78 is 0. The normalized spacial score (nSPS) is 10.2. The maximum absolute atomic E-state index is 11.7. The van der Waals surface area contributed by atoms with E-state index >= 15 is 0 Å². The Morgan fingerprint density at radius 3 is 2.60 bits per heavy atom. The third kappa shape index (κ3) is 6.04. The molecule has 0 aliphatic heterocycles. The van der Waals surface area contributed by atoms with Gasteiger partial charge in [0.1, 0.15) is 0 Å². The Morgan fingerprint density at radius 1 is 1.20 bits per heavy atom. The van der Waals surface area contributed by atoms with Crippen molar-refractivity contribution in [3.05, 3.63) is 28.8 Å². The smallest absolute Gasteiger partial charge is 0.238 e. The van der Waals surface area contributed by atoms with E-state index in [1.54, 1.807) is 12.1 Å². The highest BCUT2D eigenvalue weighted by atomic mass is 35.5. The van der Waals surface area contributed by atoms with E-state index in [0.29, 0.717) is 17.3 Å². The molecule has 0 heterocycles. The van der Waals surface area contributed by atoms with Gasteiger partial charge in [0.2, 0.25) is 11.8 Å². The predicted octanol–water partition coefficient (Wildman–Crippen LogP) is 1.70. The standard InChI is InChI=1S/C14H20ClN3O2/c1-3-6-17-13(19)8-16-9-14(20)18-12-7-11(15)5-4-10(12)2/h4-5,7,16H,3,6,8-9H2,1-2H3,(H,17,19)(H,18,20). The fraction of sp³-hybridized carbons (Fsp3) is 0.429. The van der Waals surface area contributed by atoms with E-state index in [1.165, 1.54) is 0 Å². The van der Waals surface area contributed by atoms with Crippen LogP contribution in [-0.4, -0.2) is 31.4 Å². The minimum Gasteiger partial charge on any atom is -0.355 e. The number of hydrogen-bond acceptors (Lipinski definition) is 3. The van der Waals surface area contributed by atoms with Crippen LogP contribution in [0.4, 0.5) is 5.69 Å². The summed E-state index contributed by atoms with van der Waals surface area (Å²) in [5.41, 5.74) is 1.61. The van der Waals surface area contributed by atoms with Gasteiger partial charge in [0.15, 0.2) is 0 Å². The van der Waals surface area contributed by atoms with E-state index in [1.807, 2.05) is 19.9 Å². The summed E-state index contributed by atoms with van der Waals surface area (Å²) >= 11 is 5.87. The quantitative estimate of drug-likeness (QED) is 0.717. The topological polar surface area (TPSA) is 70.2 Å². The third-order valence-corrected chi connectivity index (χ3v) is 2.85.